The van der Waals surface area contributed by atoms with Crippen LogP contribution in [0, 0.1) is 10.1 Å². The fourth-order valence-corrected chi connectivity index (χ4v) is 2.32. The smallest absolute Gasteiger partial charge is 0.288 e. The van der Waals surface area contributed by atoms with Crippen molar-refractivity contribution in [2.24, 2.45) is 0 Å². The van der Waals surface area contributed by atoms with Gasteiger partial charge >= 0.3 is 0 Å². The number of aromatic nitrogens is 1. The van der Waals surface area contributed by atoms with Gasteiger partial charge in [-0.3, -0.25) is 10.1 Å². The summed E-state index contributed by atoms with van der Waals surface area (Å²) in [5, 5.41) is 13.7. The molecule has 5 nitrogen and oxygen atoms in total. The van der Waals surface area contributed by atoms with Crippen molar-refractivity contribution in [3.63, 3.8) is 0 Å². The quantitative estimate of drug-likeness (QED) is 0.656. The van der Waals surface area contributed by atoms with Crippen LogP contribution in [0.1, 0.15) is 0 Å². The third kappa shape index (κ3) is 2.07. The topological polar surface area (TPSA) is 68.1 Å². The molecule has 0 atom stereocenters. The minimum absolute atomic E-state index is 0.0245. The van der Waals surface area contributed by atoms with Crippen molar-refractivity contribution in [2.45, 2.75) is 4.90 Å². The lowest BCUT2D eigenvalue weighted by atomic mass is 10.3. The first kappa shape index (κ1) is 11.4. The molecular formula is C11H9N3O2S. The normalized spacial score (nSPS) is 13.6. The van der Waals surface area contributed by atoms with Crippen LogP contribution in [0.25, 0.3) is 0 Å². The Labute approximate surface area is 102 Å². The number of fused-ring (bicyclic) bond motifs is 1. The monoisotopic (exact) mass is 247 g/mol. The number of nitro groups is 1. The van der Waals surface area contributed by atoms with Gasteiger partial charge in [-0.2, -0.15) is 0 Å². The van der Waals surface area contributed by atoms with E-state index in [1.807, 2.05) is 0 Å². The summed E-state index contributed by atoms with van der Waals surface area (Å²) >= 11 is 1.38. The fraction of sp³-hybridized carbons (Fsp3) is 0. The number of pyridine rings is 1. The lowest BCUT2D eigenvalue weighted by Crippen LogP contribution is -2.07. The second kappa shape index (κ2) is 4.42. The van der Waals surface area contributed by atoms with Gasteiger partial charge in [0.2, 0.25) is 0 Å². The average Bonchev–Trinajstić information content (AvgIpc) is 2.36. The number of thioether (sulfide) groups is 1. The summed E-state index contributed by atoms with van der Waals surface area (Å²) in [5.41, 5.74) is 0.780. The van der Waals surface area contributed by atoms with Gasteiger partial charge in [0.05, 0.1) is 15.5 Å². The highest BCUT2D eigenvalue weighted by molar-refractivity contribution is 8.03. The Morgan fingerprint density at radius 1 is 1.47 bits per heavy atom. The zero-order chi connectivity index (χ0) is 12.4. The van der Waals surface area contributed by atoms with Crippen LogP contribution in [0.2, 0.25) is 0 Å². The molecule has 0 amide bonds. The molecule has 0 fully saturated rings. The van der Waals surface area contributed by atoms with E-state index >= 15 is 0 Å². The second-order valence-corrected chi connectivity index (χ2v) is 4.29. The van der Waals surface area contributed by atoms with Crippen LogP contribution in [0.15, 0.2) is 53.1 Å². The third-order valence-corrected chi connectivity index (χ3v) is 3.31. The molecule has 2 rings (SSSR count). The van der Waals surface area contributed by atoms with Gasteiger partial charge in [0.1, 0.15) is 12.0 Å². The molecule has 0 unspecified atom stereocenters. The highest BCUT2D eigenvalue weighted by Crippen LogP contribution is 2.40. The molecule has 0 spiro atoms. The molecule has 1 aromatic rings. The number of nitrogens with zero attached hydrogens (tertiary/aromatic N) is 2. The first-order chi connectivity index (χ1) is 8.15. The van der Waals surface area contributed by atoms with Gasteiger partial charge in [-0.1, -0.05) is 31.0 Å². The summed E-state index contributed by atoms with van der Waals surface area (Å²) in [4.78, 5) is 15.8. The number of hydrogen-bond donors (Lipinski definition) is 1. The van der Waals surface area contributed by atoms with E-state index in [2.05, 4.69) is 23.5 Å². The van der Waals surface area contributed by atoms with Crippen LogP contribution in [0.3, 0.4) is 0 Å². The zero-order valence-electron chi connectivity index (χ0n) is 8.84. The Morgan fingerprint density at radius 2 is 2.24 bits per heavy atom. The van der Waals surface area contributed by atoms with E-state index in [9.17, 15) is 10.1 Å². The minimum atomic E-state index is -0.464. The molecule has 0 radical (unpaired) electrons. The molecule has 0 saturated heterocycles. The standard InChI is InChI=1S/C11H9N3O2S/c1-3-8-9(4-2)17-10-5-7(14(15)16)6-12-11(10)13-8/h3-6H,1-2H2,(H,12,13). The molecule has 0 bridgehead atoms. The van der Waals surface area contributed by atoms with Crippen LogP contribution in [-0.2, 0) is 0 Å². The predicted molar refractivity (Wildman–Crippen MR) is 67.8 cm³/mol. The maximum absolute atomic E-state index is 10.6. The summed E-state index contributed by atoms with van der Waals surface area (Å²) < 4.78 is 0. The molecule has 1 aromatic heterocycles. The summed E-state index contributed by atoms with van der Waals surface area (Å²) in [5.74, 6) is 0.598. The number of anilines is 1. The van der Waals surface area contributed by atoms with Crippen LogP contribution in [0.4, 0.5) is 11.5 Å². The maximum atomic E-state index is 10.6. The third-order valence-electron chi connectivity index (χ3n) is 2.18. The van der Waals surface area contributed by atoms with Gasteiger partial charge in [0, 0.05) is 11.0 Å². The van der Waals surface area contributed by atoms with E-state index in [-0.39, 0.29) is 5.69 Å². The zero-order valence-corrected chi connectivity index (χ0v) is 9.66. The van der Waals surface area contributed by atoms with Crippen molar-refractivity contribution in [1.82, 2.24) is 4.98 Å². The van der Waals surface area contributed by atoms with Gasteiger partial charge in [-0.05, 0) is 6.08 Å². The highest BCUT2D eigenvalue weighted by Gasteiger charge is 2.19. The maximum Gasteiger partial charge on any atom is 0.288 e. The fourth-order valence-electron chi connectivity index (χ4n) is 1.37. The Morgan fingerprint density at radius 3 is 2.82 bits per heavy atom. The first-order valence-corrected chi connectivity index (χ1v) is 5.56. The Bertz CT molecular complexity index is 552. The van der Waals surface area contributed by atoms with Crippen molar-refractivity contribution < 1.29 is 4.92 Å². The van der Waals surface area contributed by atoms with E-state index in [4.69, 9.17) is 0 Å². The first-order valence-electron chi connectivity index (χ1n) is 4.74. The van der Waals surface area contributed by atoms with E-state index < -0.39 is 4.92 Å². The lowest BCUT2D eigenvalue weighted by molar-refractivity contribution is -0.385. The summed E-state index contributed by atoms with van der Waals surface area (Å²) in [6, 6.07) is 1.49. The molecule has 1 aliphatic heterocycles. The van der Waals surface area contributed by atoms with E-state index in [1.165, 1.54) is 24.0 Å². The molecule has 0 aliphatic carbocycles. The summed E-state index contributed by atoms with van der Waals surface area (Å²) in [6.07, 6.45) is 4.57. The molecule has 2 heterocycles. The molecular weight excluding hydrogens is 238 g/mol. The van der Waals surface area contributed by atoms with E-state index in [0.717, 1.165) is 10.6 Å². The molecule has 1 aliphatic rings. The van der Waals surface area contributed by atoms with Gasteiger partial charge in [-0.15, -0.1) is 0 Å². The largest absolute Gasteiger partial charge is 0.338 e. The predicted octanol–water partition coefficient (Wildman–Crippen LogP) is 3.09. The number of allylic oxidation sites excluding steroid dienone is 2. The molecule has 6 heteroatoms. The molecule has 17 heavy (non-hydrogen) atoms. The molecule has 0 saturated carbocycles. The van der Waals surface area contributed by atoms with Crippen molar-refractivity contribution >= 4 is 23.3 Å². The van der Waals surface area contributed by atoms with Crippen LogP contribution in [-0.4, -0.2) is 9.91 Å². The molecule has 0 aromatic carbocycles. The van der Waals surface area contributed by atoms with Gasteiger partial charge < -0.3 is 5.32 Å². The Hall–Kier alpha value is -2.08. The molecule has 86 valence electrons. The van der Waals surface area contributed by atoms with Crippen molar-refractivity contribution in [3.8, 4) is 0 Å². The van der Waals surface area contributed by atoms with E-state index in [1.54, 1.807) is 12.2 Å². The van der Waals surface area contributed by atoms with Crippen LogP contribution < -0.4 is 5.32 Å². The van der Waals surface area contributed by atoms with Gasteiger partial charge in [0.15, 0.2) is 0 Å². The number of nitrogens with one attached hydrogen (secondary N) is 1. The van der Waals surface area contributed by atoms with Crippen molar-refractivity contribution in [1.29, 1.82) is 0 Å². The minimum Gasteiger partial charge on any atom is -0.338 e. The Balaban J connectivity index is 2.45. The lowest BCUT2D eigenvalue weighted by Gasteiger charge is -2.19. The Kier molecular flexibility index (Phi) is 2.97. The van der Waals surface area contributed by atoms with Gasteiger partial charge in [0.25, 0.3) is 5.69 Å². The number of rotatable bonds is 3. The van der Waals surface area contributed by atoms with Crippen molar-refractivity contribution in [2.75, 3.05) is 5.32 Å². The number of hydrogen-bond acceptors (Lipinski definition) is 5. The average molecular weight is 247 g/mol. The van der Waals surface area contributed by atoms with E-state index in [0.29, 0.717) is 10.7 Å². The van der Waals surface area contributed by atoms with Crippen molar-refractivity contribution in [3.05, 3.63) is 58.3 Å². The summed E-state index contributed by atoms with van der Waals surface area (Å²) in [7, 11) is 0. The highest BCUT2D eigenvalue weighted by atomic mass is 32.2. The van der Waals surface area contributed by atoms with Gasteiger partial charge in [-0.25, -0.2) is 4.98 Å². The second-order valence-electron chi connectivity index (χ2n) is 3.21. The summed E-state index contributed by atoms with van der Waals surface area (Å²) in [6.45, 7) is 7.38. The van der Waals surface area contributed by atoms with Crippen LogP contribution >= 0.6 is 11.8 Å². The SMILES string of the molecule is C=CC1=C(C=C)Sc2cc([N+](=O)[O-])cnc2N1. The van der Waals surface area contributed by atoms with Crippen LogP contribution in [0.5, 0.6) is 0 Å². The molecule has 1 N–H and O–H groups in total.